The van der Waals surface area contributed by atoms with Gasteiger partial charge in [0.05, 0.1) is 41.4 Å². The number of hydrogen-bond donors (Lipinski definition) is 2. The molecule has 1 amide bonds. The summed E-state index contributed by atoms with van der Waals surface area (Å²) in [5, 5.41) is 12.0. The molecule has 0 aromatic heterocycles. The second-order valence-electron chi connectivity index (χ2n) is 10.3. The second kappa shape index (κ2) is 13.2. The molecule has 0 bridgehead atoms. The van der Waals surface area contributed by atoms with Crippen LogP contribution in [0.15, 0.2) is 83.8 Å². The quantitative estimate of drug-likeness (QED) is 0.202. The Hall–Kier alpha value is -4.94. The Labute approximate surface area is 268 Å². The molecule has 0 spiro atoms. The molecule has 0 unspecified atom stereocenters. The number of carbonyl (C=O) groups is 2. The van der Waals surface area contributed by atoms with Gasteiger partial charge in [-0.05, 0) is 78.7 Å². The lowest BCUT2D eigenvalue weighted by atomic mass is 10.0. The maximum atomic E-state index is 14.6. The number of hydrogen-bond acceptors (Lipinski definition) is 6. The Bertz CT molecular complexity index is 1950. The summed E-state index contributed by atoms with van der Waals surface area (Å²) < 4.78 is 69.0. The highest BCUT2D eigenvalue weighted by molar-refractivity contribution is 7.92. The molecule has 0 saturated heterocycles. The molecule has 1 aliphatic rings. The molecule has 1 heterocycles. The average molecular weight is 669 g/mol. The van der Waals surface area contributed by atoms with Gasteiger partial charge in [0.2, 0.25) is 0 Å². The Kier molecular flexibility index (Phi) is 9.31. The minimum Gasteiger partial charge on any atom is -0.494 e. The standard InChI is InChI=1S/C33H27ClF2N2O7S/c1-19(31-25(34)4-3-5-27(31)36)14-20-6-13-29-28(15-20)38(46(42,43)24-11-12-26(35)30(16-24)44-2)18-23(45-29)17-37-32(39)21-7-9-22(10-8-21)33(40)41/h3-16,23H,17-18H2,1-2H3,(H,37,39)(H,40,41)/t23-/m0/s1. The number of ether oxygens (including phenoxy) is 2. The minimum atomic E-state index is -4.34. The highest BCUT2D eigenvalue weighted by Crippen LogP contribution is 2.39. The second-order valence-corrected chi connectivity index (χ2v) is 12.6. The van der Waals surface area contributed by atoms with Crippen molar-refractivity contribution in [2.24, 2.45) is 0 Å². The highest BCUT2D eigenvalue weighted by Gasteiger charge is 2.35. The van der Waals surface area contributed by atoms with Crippen molar-refractivity contribution < 1.29 is 41.4 Å². The molecule has 46 heavy (non-hydrogen) atoms. The topological polar surface area (TPSA) is 122 Å². The Morgan fingerprint density at radius 1 is 1.04 bits per heavy atom. The van der Waals surface area contributed by atoms with Crippen molar-refractivity contribution >= 4 is 50.8 Å². The van der Waals surface area contributed by atoms with Crippen LogP contribution in [0.5, 0.6) is 11.5 Å². The first-order chi connectivity index (χ1) is 21.9. The van der Waals surface area contributed by atoms with Crippen LogP contribution in [-0.4, -0.2) is 51.7 Å². The van der Waals surface area contributed by atoms with Gasteiger partial charge >= 0.3 is 5.97 Å². The maximum Gasteiger partial charge on any atom is 0.335 e. The third-order valence-electron chi connectivity index (χ3n) is 7.25. The predicted molar refractivity (Wildman–Crippen MR) is 169 cm³/mol. The van der Waals surface area contributed by atoms with Gasteiger partial charge in [-0.2, -0.15) is 0 Å². The largest absolute Gasteiger partial charge is 0.494 e. The normalized spacial score (nSPS) is 14.7. The summed E-state index contributed by atoms with van der Waals surface area (Å²) in [7, 11) is -3.12. The summed E-state index contributed by atoms with van der Waals surface area (Å²) in [6.45, 7) is 1.33. The van der Waals surface area contributed by atoms with Gasteiger partial charge in [0.1, 0.15) is 17.7 Å². The molecule has 13 heteroatoms. The van der Waals surface area contributed by atoms with Gasteiger partial charge in [-0.3, -0.25) is 9.10 Å². The molecule has 1 atom stereocenters. The predicted octanol–water partition coefficient (Wildman–Crippen LogP) is 6.27. The zero-order valence-corrected chi connectivity index (χ0v) is 26.0. The molecular formula is C33H27ClF2N2O7S. The monoisotopic (exact) mass is 668 g/mol. The van der Waals surface area contributed by atoms with Crippen molar-refractivity contribution in [3.05, 3.63) is 118 Å². The minimum absolute atomic E-state index is 0.0171. The number of nitrogens with one attached hydrogen (secondary N) is 1. The van der Waals surface area contributed by atoms with Crippen molar-refractivity contribution in [3.63, 3.8) is 0 Å². The fourth-order valence-corrected chi connectivity index (χ4v) is 6.78. The van der Waals surface area contributed by atoms with Gasteiger partial charge in [0, 0.05) is 17.2 Å². The van der Waals surface area contributed by atoms with Crippen molar-refractivity contribution in [2.45, 2.75) is 17.9 Å². The lowest BCUT2D eigenvalue weighted by Crippen LogP contribution is -2.48. The molecule has 0 saturated carbocycles. The van der Waals surface area contributed by atoms with Gasteiger partial charge < -0.3 is 19.9 Å². The van der Waals surface area contributed by atoms with E-state index in [0.717, 1.165) is 22.5 Å². The summed E-state index contributed by atoms with van der Waals surface area (Å²) in [6.07, 6.45) is 0.797. The fraction of sp³-hybridized carbons (Fsp3) is 0.152. The zero-order chi connectivity index (χ0) is 33.2. The third kappa shape index (κ3) is 6.68. The first-order valence-corrected chi connectivity index (χ1v) is 15.6. The van der Waals surface area contributed by atoms with E-state index in [1.807, 2.05) is 0 Å². The summed E-state index contributed by atoms with van der Waals surface area (Å²) in [4.78, 5) is 23.7. The molecule has 9 nitrogen and oxygen atoms in total. The Balaban J connectivity index is 1.49. The van der Waals surface area contributed by atoms with Crippen LogP contribution in [0.3, 0.4) is 0 Å². The first kappa shape index (κ1) is 32.5. The Morgan fingerprint density at radius 2 is 1.76 bits per heavy atom. The number of carboxylic acid groups (broad SMARTS) is 1. The van der Waals surface area contributed by atoms with Crippen molar-refractivity contribution in [2.75, 3.05) is 24.5 Å². The summed E-state index contributed by atoms with van der Waals surface area (Å²) in [5.41, 5.74) is 1.60. The highest BCUT2D eigenvalue weighted by atomic mass is 35.5. The molecular weight excluding hydrogens is 642 g/mol. The van der Waals surface area contributed by atoms with Crippen LogP contribution in [0.1, 0.15) is 38.8 Å². The lowest BCUT2D eigenvalue weighted by molar-refractivity contribution is 0.0696. The summed E-state index contributed by atoms with van der Waals surface area (Å²) in [5.74, 6) is -2.98. The number of aromatic carboxylic acids is 1. The van der Waals surface area contributed by atoms with Gasteiger partial charge in [-0.15, -0.1) is 0 Å². The first-order valence-electron chi connectivity index (χ1n) is 13.8. The molecule has 238 valence electrons. The van der Waals surface area contributed by atoms with Crippen LogP contribution in [0.25, 0.3) is 11.6 Å². The van der Waals surface area contributed by atoms with Crippen LogP contribution in [0.4, 0.5) is 14.5 Å². The van der Waals surface area contributed by atoms with Gasteiger partial charge in [0.25, 0.3) is 15.9 Å². The van der Waals surface area contributed by atoms with Gasteiger partial charge in [-0.25, -0.2) is 22.0 Å². The zero-order valence-electron chi connectivity index (χ0n) is 24.5. The maximum absolute atomic E-state index is 14.6. The molecule has 2 N–H and O–H groups in total. The molecule has 0 fully saturated rings. The molecule has 4 aromatic carbocycles. The Morgan fingerprint density at radius 3 is 2.43 bits per heavy atom. The van der Waals surface area contributed by atoms with E-state index in [0.29, 0.717) is 11.1 Å². The molecule has 4 aromatic rings. The van der Waals surface area contributed by atoms with Crippen LogP contribution < -0.4 is 19.1 Å². The number of carboxylic acids is 1. The van der Waals surface area contributed by atoms with E-state index in [9.17, 15) is 26.8 Å². The number of halogens is 3. The fourth-order valence-electron chi connectivity index (χ4n) is 4.95. The number of methoxy groups -OCH3 is 1. The number of anilines is 1. The van der Waals surface area contributed by atoms with E-state index in [-0.39, 0.29) is 56.9 Å². The number of nitrogens with zero attached hydrogens (tertiary/aromatic N) is 1. The lowest BCUT2D eigenvalue weighted by Gasteiger charge is -2.36. The van der Waals surface area contributed by atoms with E-state index < -0.39 is 39.6 Å². The third-order valence-corrected chi connectivity index (χ3v) is 9.34. The SMILES string of the molecule is COc1cc(S(=O)(=O)N2C[C@H](CNC(=O)c3ccc(C(=O)O)cc3)Oc3ccc(C=C(C)c4c(F)cccc4Cl)cc32)ccc1F. The number of allylic oxidation sites excluding steroid dienone is 1. The van der Waals surface area contributed by atoms with E-state index in [1.165, 1.54) is 43.5 Å². The van der Waals surface area contributed by atoms with Crippen molar-refractivity contribution in [1.82, 2.24) is 5.32 Å². The number of amides is 1. The van der Waals surface area contributed by atoms with Crippen LogP contribution >= 0.6 is 11.6 Å². The number of fused-ring (bicyclic) bond motifs is 1. The van der Waals surface area contributed by atoms with E-state index in [4.69, 9.17) is 26.2 Å². The summed E-state index contributed by atoms with van der Waals surface area (Å²) >= 11 is 6.24. The smallest absolute Gasteiger partial charge is 0.335 e. The van der Waals surface area contributed by atoms with Crippen molar-refractivity contribution in [3.8, 4) is 11.5 Å². The van der Waals surface area contributed by atoms with E-state index >= 15 is 0 Å². The van der Waals surface area contributed by atoms with Crippen LogP contribution in [0, 0.1) is 11.6 Å². The average Bonchev–Trinajstić information content (AvgIpc) is 3.03. The van der Waals surface area contributed by atoms with E-state index in [1.54, 1.807) is 37.3 Å². The number of carbonyl (C=O) groups excluding carboxylic acids is 1. The summed E-state index contributed by atoms with van der Waals surface area (Å²) in [6, 6.07) is 17.6. The van der Waals surface area contributed by atoms with E-state index in [2.05, 4.69) is 5.32 Å². The number of sulfonamides is 1. The number of rotatable bonds is 9. The molecule has 0 aliphatic carbocycles. The van der Waals surface area contributed by atoms with Crippen LogP contribution in [-0.2, 0) is 10.0 Å². The molecule has 1 aliphatic heterocycles. The molecule has 5 rings (SSSR count). The van der Waals surface area contributed by atoms with Gasteiger partial charge in [-0.1, -0.05) is 29.8 Å². The molecule has 0 radical (unpaired) electrons. The van der Waals surface area contributed by atoms with Crippen molar-refractivity contribution in [1.29, 1.82) is 0 Å². The van der Waals surface area contributed by atoms with Gasteiger partial charge in [0.15, 0.2) is 11.6 Å². The number of benzene rings is 4. The van der Waals surface area contributed by atoms with Crippen LogP contribution in [0.2, 0.25) is 5.02 Å².